The van der Waals surface area contributed by atoms with Crippen LogP contribution in [0.4, 0.5) is 13.2 Å². The van der Waals surface area contributed by atoms with Crippen molar-refractivity contribution in [3.63, 3.8) is 0 Å². The van der Waals surface area contributed by atoms with Crippen molar-refractivity contribution in [2.45, 2.75) is 36.8 Å². The predicted molar refractivity (Wildman–Crippen MR) is 60.6 cm³/mol. The minimum absolute atomic E-state index is 0.736. The molecule has 0 aliphatic rings. The van der Waals surface area contributed by atoms with Gasteiger partial charge in [-0.05, 0) is 0 Å². The van der Waals surface area contributed by atoms with Crippen LogP contribution in [-0.4, -0.2) is 76.9 Å². The molecule has 4 N–H and O–H groups in total. The molecule has 0 aliphatic carbocycles. The number of rotatable bonds is 8. The monoisotopic (exact) mass is 354 g/mol. The minimum atomic E-state index is -6.04. The zero-order chi connectivity index (χ0) is 17.9. The Labute approximate surface area is 122 Å². The average molecular weight is 354 g/mol. The van der Waals surface area contributed by atoms with Crippen LogP contribution in [0.5, 0.6) is 0 Å². The largest absolute Gasteiger partial charge is 0.523 e. The lowest BCUT2D eigenvalue weighted by Crippen LogP contribution is -2.50. The smallest absolute Gasteiger partial charge is 0.388 e. The Bertz CT molecular complexity index is 515. The molecule has 0 aromatic heterocycles. The summed E-state index contributed by atoms with van der Waals surface area (Å²) in [6, 6.07) is 0. The number of hydrogen-bond acceptors (Lipinski definition) is 9. The summed E-state index contributed by atoms with van der Waals surface area (Å²) in [6.07, 6.45) is -9.77. The van der Waals surface area contributed by atoms with Gasteiger partial charge < -0.3 is 20.4 Å². The molecule has 9 nitrogen and oxygen atoms in total. The molecule has 0 rings (SSSR count). The van der Waals surface area contributed by atoms with Crippen molar-refractivity contribution in [1.29, 1.82) is 0 Å². The van der Waals surface area contributed by atoms with E-state index in [2.05, 4.69) is 4.18 Å². The van der Waals surface area contributed by atoms with E-state index >= 15 is 0 Å². The first-order chi connectivity index (χ1) is 9.72. The van der Waals surface area contributed by atoms with E-state index in [-0.39, 0.29) is 0 Å². The molecule has 0 aromatic rings. The number of hydrogen-bond donors (Lipinski definition) is 4. The van der Waals surface area contributed by atoms with E-state index in [1.165, 1.54) is 0 Å². The van der Waals surface area contributed by atoms with Crippen LogP contribution in [0, 0.1) is 0 Å². The van der Waals surface area contributed by atoms with E-state index in [4.69, 9.17) is 0 Å². The van der Waals surface area contributed by atoms with Gasteiger partial charge in [0, 0.05) is 6.92 Å². The molecule has 22 heavy (non-hydrogen) atoms. The molecule has 130 valence electrons. The van der Waals surface area contributed by atoms with Gasteiger partial charge in [0.2, 0.25) is 5.78 Å². The van der Waals surface area contributed by atoms with Crippen molar-refractivity contribution in [2.75, 3.05) is 6.61 Å². The van der Waals surface area contributed by atoms with Crippen molar-refractivity contribution >= 4 is 21.7 Å². The molecule has 0 fully saturated rings. The topological polar surface area (TPSA) is 158 Å². The van der Waals surface area contributed by atoms with Crippen molar-refractivity contribution < 1.29 is 55.8 Å². The normalized spacial score (nSPS) is 18.4. The van der Waals surface area contributed by atoms with E-state index < -0.39 is 58.2 Å². The standard InChI is InChI=1S/C9H13F3O9S/c1-3(13)5(15)7(17)8(18)6(16)4(14)2-21-22(19,20)9(10,11)12/h4,6-8,14,16-18H,2H2,1H3/t4-,6-,7-,8+/m1/s1. The van der Waals surface area contributed by atoms with Gasteiger partial charge in [-0.25, -0.2) is 0 Å². The third-order valence-corrected chi connectivity index (χ3v) is 3.37. The molecule has 0 amide bonds. The molecule has 0 aromatic carbocycles. The van der Waals surface area contributed by atoms with Crippen LogP contribution in [0.3, 0.4) is 0 Å². The van der Waals surface area contributed by atoms with Crippen molar-refractivity contribution in [3.8, 4) is 0 Å². The summed E-state index contributed by atoms with van der Waals surface area (Å²) >= 11 is 0. The maximum Gasteiger partial charge on any atom is 0.523 e. The highest BCUT2D eigenvalue weighted by Crippen LogP contribution is 2.24. The van der Waals surface area contributed by atoms with Gasteiger partial charge in [0.15, 0.2) is 5.78 Å². The molecule has 4 atom stereocenters. The fraction of sp³-hybridized carbons (Fsp3) is 0.778. The summed E-state index contributed by atoms with van der Waals surface area (Å²) in [7, 11) is -6.04. The molecular weight excluding hydrogens is 341 g/mol. The van der Waals surface area contributed by atoms with Gasteiger partial charge in [0.25, 0.3) is 0 Å². The third kappa shape index (κ3) is 5.26. The maximum atomic E-state index is 11.9. The van der Waals surface area contributed by atoms with Crippen LogP contribution in [-0.2, 0) is 23.9 Å². The second-order valence-electron chi connectivity index (χ2n) is 4.10. The van der Waals surface area contributed by atoms with Crippen LogP contribution in [0.25, 0.3) is 0 Å². The molecule has 13 heteroatoms. The third-order valence-electron chi connectivity index (χ3n) is 2.36. The van der Waals surface area contributed by atoms with Crippen molar-refractivity contribution in [3.05, 3.63) is 0 Å². The van der Waals surface area contributed by atoms with Crippen molar-refractivity contribution in [2.24, 2.45) is 0 Å². The number of ketones is 2. The zero-order valence-corrected chi connectivity index (χ0v) is 11.7. The van der Waals surface area contributed by atoms with E-state index in [1.807, 2.05) is 0 Å². The fourth-order valence-electron chi connectivity index (χ4n) is 1.10. The number of carbonyl (C=O) groups excluding carboxylic acids is 2. The molecular formula is C9H13F3O9S. The summed E-state index contributed by atoms with van der Waals surface area (Å²) in [4.78, 5) is 21.7. The molecule has 0 bridgehead atoms. The Morgan fingerprint density at radius 2 is 1.55 bits per heavy atom. The fourth-order valence-corrected chi connectivity index (χ4v) is 1.55. The molecule has 0 spiro atoms. The lowest BCUT2D eigenvalue weighted by molar-refractivity contribution is -0.153. The van der Waals surface area contributed by atoms with E-state index in [9.17, 15) is 51.6 Å². The highest BCUT2D eigenvalue weighted by Gasteiger charge is 2.48. The number of alkyl halides is 3. The first kappa shape index (κ1) is 20.9. The van der Waals surface area contributed by atoms with Crippen LogP contribution in [0.2, 0.25) is 0 Å². The Balaban J connectivity index is 4.78. The quantitative estimate of drug-likeness (QED) is 0.209. The molecule has 0 saturated heterocycles. The molecule has 0 unspecified atom stereocenters. The van der Waals surface area contributed by atoms with Crippen LogP contribution in [0.1, 0.15) is 6.92 Å². The number of aliphatic hydroxyl groups excluding tert-OH is 4. The zero-order valence-electron chi connectivity index (χ0n) is 10.9. The summed E-state index contributed by atoms with van der Waals surface area (Å²) < 4.78 is 60.3. The van der Waals surface area contributed by atoms with Gasteiger partial charge in [-0.2, -0.15) is 21.6 Å². The highest BCUT2D eigenvalue weighted by atomic mass is 32.2. The Hall–Kier alpha value is -1.12. The Morgan fingerprint density at radius 1 is 1.09 bits per heavy atom. The highest BCUT2D eigenvalue weighted by molar-refractivity contribution is 7.87. The van der Waals surface area contributed by atoms with Gasteiger partial charge in [-0.1, -0.05) is 0 Å². The maximum absolute atomic E-state index is 11.9. The van der Waals surface area contributed by atoms with Gasteiger partial charge in [-0.15, -0.1) is 0 Å². The van der Waals surface area contributed by atoms with Gasteiger partial charge in [-0.3, -0.25) is 13.8 Å². The van der Waals surface area contributed by atoms with Gasteiger partial charge in [0.1, 0.15) is 24.4 Å². The van der Waals surface area contributed by atoms with Gasteiger partial charge in [0.05, 0.1) is 6.61 Å². The minimum Gasteiger partial charge on any atom is -0.388 e. The van der Waals surface area contributed by atoms with Crippen LogP contribution < -0.4 is 0 Å². The van der Waals surface area contributed by atoms with Gasteiger partial charge >= 0.3 is 15.6 Å². The van der Waals surface area contributed by atoms with Crippen LogP contribution in [0.15, 0.2) is 0 Å². The second kappa shape index (κ2) is 7.43. The summed E-state index contributed by atoms with van der Waals surface area (Å²) in [6.45, 7) is -0.874. The molecule has 0 aliphatic heterocycles. The summed E-state index contributed by atoms with van der Waals surface area (Å²) in [5.74, 6) is -2.72. The van der Waals surface area contributed by atoms with E-state index in [1.54, 1.807) is 0 Å². The lowest BCUT2D eigenvalue weighted by atomic mass is 9.99. The van der Waals surface area contributed by atoms with E-state index in [0.29, 0.717) is 0 Å². The summed E-state index contributed by atoms with van der Waals surface area (Å²) in [5, 5.41) is 37.0. The van der Waals surface area contributed by atoms with E-state index in [0.717, 1.165) is 6.92 Å². The molecule has 0 radical (unpaired) electrons. The number of halogens is 3. The number of carbonyl (C=O) groups is 2. The second-order valence-corrected chi connectivity index (χ2v) is 5.71. The number of Topliss-reactive ketones (excluding diaryl/α,β-unsaturated/α-hetero) is 2. The Kier molecular flexibility index (Phi) is 7.05. The SMILES string of the molecule is CC(=O)C(=O)[C@@H](O)[C@@H](O)[C@H](O)[C@H](O)COS(=O)(=O)C(F)(F)F. The first-order valence-electron chi connectivity index (χ1n) is 5.45. The van der Waals surface area contributed by atoms with Crippen LogP contribution >= 0.6 is 0 Å². The Morgan fingerprint density at radius 3 is 1.91 bits per heavy atom. The lowest BCUT2D eigenvalue weighted by Gasteiger charge is -2.25. The van der Waals surface area contributed by atoms with Crippen molar-refractivity contribution in [1.82, 2.24) is 0 Å². The molecule has 0 heterocycles. The molecule has 0 saturated carbocycles. The average Bonchev–Trinajstić information content (AvgIpc) is 2.39. The predicted octanol–water partition coefficient (Wildman–Crippen LogP) is -2.55. The first-order valence-corrected chi connectivity index (χ1v) is 6.86. The summed E-state index contributed by atoms with van der Waals surface area (Å²) in [5.41, 5.74) is -5.76. The number of aliphatic hydroxyl groups is 4.